The Balaban J connectivity index is 1.63. The van der Waals surface area contributed by atoms with Gasteiger partial charge < -0.3 is 14.4 Å². The van der Waals surface area contributed by atoms with Gasteiger partial charge in [0.15, 0.2) is 6.61 Å². The molecule has 2 saturated heterocycles. The van der Waals surface area contributed by atoms with E-state index < -0.39 is 30.0 Å². The Bertz CT molecular complexity index is 713. The zero-order chi connectivity index (χ0) is 18.9. The van der Waals surface area contributed by atoms with Crippen LogP contribution in [0.25, 0.3) is 0 Å². The number of alkyl halides is 3. The van der Waals surface area contributed by atoms with E-state index in [1.807, 2.05) is 0 Å². The van der Waals surface area contributed by atoms with Crippen LogP contribution in [0.5, 0.6) is 5.75 Å². The molecule has 0 saturated carbocycles. The number of rotatable bonds is 3. The lowest BCUT2D eigenvalue weighted by Gasteiger charge is -2.34. The molecule has 3 rings (SSSR count). The number of amides is 3. The number of nitrogens with zero attached hydrogens (tertiary/aromatic N) is 2. The van der Waals surface area contributed by atoms with Gasteiger partial charge in [-0.3, -0.25) is 9.59 Å². The zero-order valence-electron chi connectivity index (χ0n) is 13.5. The van der Waals surface area contributed by atoms with Crippen LogP contribution < -0.4 is 4.74 Å². The van der Waals surface area contributed by atoms with E-state index in [1.54, 1.807) is 0 Å². The van der Waals surface area contributed by atoms with Gasteiger partial charge in [-0.2, -0.15) is 0 Å². The molecule has 2 aliphatic rings. The van der Waals surface area contributed by atoms with Crippen LogP contribution in [0.4, 0.5) is 18.0 Å². The van der Waals surface area contributed by atoms with E-state index >= 15 is 0 Å². The highest BCUT2D eigenvalue weighted by atomic mass is 19.4. The quantitative estimate of drug-likeness (QED) is 0.813. The topological polar surface area (TPSA) is 76.2 Å². The molecule has 0 bridgehead atoms. The molecule has 3 amide bonds. The average molecular weight is 372 g/mol. The van der Waals surface area contributed by atoms with Crippen molar-refractivity contribution in [2.75, 3.05) is 19.7 Å². The molecule has 26 heavy (non-hydrogen) atoms. The molecule has 1 aromatic rings. The largest absolute Gasteiger partial charge is 0.573 e. The fourth-order valence-electron chi connectivity index (χ4n) is 3.05. The molecular formula is C16H15F3N2O5. The van der Waals surface area contributed by atoms with Crippen molar-refractivity contribution in [2.45, 2.75) is 25.2 Å². The third-order valence-electron chi connectivity index (χ3n) is 4.22. The second-order valence-electron chi connectivity index (χ2n) is 5.92. The summed E-state index contributed by atoms with van der Waals surface area (Å²) in [5, 5.41) is 0. The molecule has 10 heteroatoms. The maximum atomic E-state index is 12.5. The summed E-state index contributed by atoms with van der Waals surface area (Å²) in [5.41, 5.74) is 0.0712. The minimum atomic E-state index is -4.84. The smallest absolute Gasteiger partial charge is 0.439 e. The number of piperidine rings is 1. The van der Waals surface area contributed by atoms with Gasteiger partial charge in [0.05, 0.1) is 0 Å². The van der Waals surface area contributed by atoms with Crippen LogP contribution in [-0.4, -0.2) is 59.8 Å². The lowest BCUT2D eigenvalue weighted by molar-refractivity contribution is -0.274. The first-order valence-electron chi connectivity index (χ1n) is 7.88. The second kappa shape index (κ2) is 6.85. The van der Waals surface area contributed by atoms with Gasteiger partial charge in [0.1, 0.15) is 5.75 Å². The van der Waals surface area contributed by atoms with E-state index in [-0.39, 0.29) is 31.3 Å². The number of ether oxygens (including phenoxy) is 2. The molecule has 140 valence electrons. The van der Waals surface area contributed by atoms with E-state index in [9.17, 15) is 27.6 Å². The predicted molar refractivity (Wildman–Crippen MR) is 80.2 cm³/mol. The summed E-state index contributed by atoms with van der Waals surface area (Å²) in [6, 6.07) is 4.50. The fourth-order valence-corrected chi connectivity index (χ4v) is 3.05. The maximum absolute atomic E-state index is 12.5. The molecule has 2 aliphatic heterocycles. The number of hydrogen-bond acceptors (Lipinski definition) is 5. The SMILES string of the molecule is O=C(c1cccc(OC(F)(F)F)c1)N1CCC(N2C(=O)COC2=O)CC1. The van der Waals surface area contributed by atoms with E-state index in [4.69, 9.17) is 0 Å². The first-order valence-corrected chi connectivity index (χ1v) is 7.88. The van der Waals surface area contributed by atoms with Gasteiger partial charge in [-0.15, -0.1) is 13.2 Å². The number of likely N-dealkylation sites (tertiary alicyclic amines) is 1. The first-order chi connectivity index (χ1) is 12.2. The van der Waals surface area contributed by atoms with Gasteiger partial charge in [0.2, 0.25) is 0 Å². The molecule has 0 spiro atoms. The summed E-state index contributed by atoms with van der Waals surface area (Å²) in [6.45, 7) is 0.264. The molecular weight excluding hydrogens is 357 g/mol. The van der Waals surface area contributed by atoms with Crippen LogP contribution in [0, 0.1) is 0 Å². The average Bonchev–Trinajstić information content (AvgIpc) is 2.92. The Hall–Kier alpha value is -2.78. The monoisotopic (exact) mass is 372 g/mol. The lowest BCUT2D eigenvalue weighted by atomic mass is 10.0. The minimum absolute atomic E-state index is 0.0712. The normalized spacial score (nSPS) is 18.9. The van der Waals surface area contributed by atoms with Crippen molar-refractivity contribution < 1.29 is 37.0 Å². The van der Waals surface area contributed by atoms with Crippen LogP contribution in [0.1, 0.15) is 23.2 Å². The molecule has 0 radical (unpaired) electrons. The fraction of sp³-hybridized carbons (Fsp3) is 0.438. The molecule has 2 heterocycles. The van der Waals surface area contributed by atoms with Crippen molar-refractivity contribution in [1.82, 2.24) is 9.80 Å². The molecule has 0 aromatic heterocycles. The lowest BCUT2D eigenvalue weighted by Crippen LogP contribution is -2.48. The minimum Gasteiger partial charge on any atom is -0.439 e. The van der Waals surface area contributed by atoms with Crippen LogP contribution in [0.15, 0.2) is 24.3 Å². The molecule has 0 N–H and O–H groups in total. The predicted octanol–water partition coefficient (Wildman–Crippen LogP) is 2.17. The Kier molecular flexibility index (Phi) is 4.75. The van der Waals surface area contributed by atoms with Gasteiger partial charge in [-0.25, -0.2) is 9.69 Å². The second-order valence-corrected chi connectivity index (χ2v) is 5.92. The molecule has 0 aliphatic carbocycles. The van der Waals surface area contributed by atoms with Crippen molar-refractivity contribution in [2.24, 2.45) is 0 Å². The van der Waals surface area contributed by atoms with Crippen molar-refractivity contribution in [3.05, 3.63) is 29.8 Å². The Morgan fingerprint density at radius 2 is 1.88 bits per heavy atom. The van der Waals surface area contributed by atoms with Crippen LogP contribution >= 0.6 is 0 Å². The standard InChI is InChI=1S/C16H15F3N2O5/c17-16(18,19)26-12-3-1-2-10(8-12)14(23)20-6-4-11(5-7-20)21-13(22)9-25-15(21)24/h1-3,8,11H,4-7,9H2. The highest BCUT2D eigenvalue weighted by molar-refractivity contribution is 5.98. The molecule has 0 unspecified atom stereocenters. The van der Waals surface area contributed by atoms with Gasteiger partial charge in [0, 0.05) is 24.7 Å². The Morgan fingerprint density at radius 3 is 2.46 bits per heavy atom. The van der Waals surface area contributed by atoms with Gasteiger partial charge in [0.25, 0.3) is 11.8 Å². The summed E-state index contributed by atoms with van der Waals surface area (Å²) < 4.78 is 45.4. The van der Waals surface area contributed by atoms with Crippen molar-refractivity contribution in [3.8, 4) is 5.75 Å². The number of imide groups is 1. The van der Waals surface area contributed by atoms with Gasteiger partial charge >= 0.3 is 12.5 Å². The number of hydrogen-bond donors (Lipinski definition) is 0. The van der Waals surface area contributed by atoms with Crippen molar-refractivity contribution in [1.29, 1.82) is 0 Å². The Morgan fingerprint density at radius 1 is 1.19 bits per heavy atom. The van der Waals surface area contributed by atoms with Crippen LogP contribution in [-0.2, 0) is 9.53 Å². The number of benzene rings is 1. The molecule has 1 aromatic carbocycles. The maximum Gasteiger partial charge on any atom is 0.573 e. The summed E-state index contributed by atoms with van der Waals surface area (Å²) >= 11 is 0. The summed E-state index contributed by atoms with van der Waals surface area (Å²) in [6.07, 6.45) is -4.76. The van der Waals surface area contributed by atoms with E-state index in [0.717, 1.165) is 17.0 Å². The first kappa shape index (κ1) is 18.0. The van der Waals surface area contributed by atoms with Gasteiger partial charge in [-0.1, -0.05) is 6.07 Å². The summed E-state index contributed by atoms with van der Waals surface area (Å²) in [7, 11) is 0. The molecule has 7 nitrogen and oxygen atoms in total. The van der Waals surface area contributed by atoms with E-state index in [1.165, 1.54) is 17.0 Å². The number of carbonyl (C=O) groups excluding carboxylic acids is 3. The van der Waals surface area contributed by atoms with E-state index in [0.29, 0.717) is 12.8 Å². The van der Waals surface area contributed by atoms with Crippen LogP contribution in [0.3, 0.4) is 0 Å². The summed E-state index contributed by atoms with van der Waals surface area (Å²) in [4.78, 5) is 38.3. The van der Waals surface area contributed by atoms with Crippen LogP contribution in [0.2, 0.25) is 0 Å². The Labute approximate surface area is 146 Å². The molecule has 2 fully saturated rings. The molecule has 0 atom stereocenters. The van der Waals surface area contributed by atoms with E-state index in [2.05, 4.69) is 9.47 Å². The number of carbonyl (C=O) groups is 3. The highest BCUT2D eigenvalue weighted by Gasteiger charge is 2.39. The van der Waals surface area contributed by atoms with Crippen molar-refractivity contribution in [3.63, 3.8) is 0 Å². The third kappa shape index (κ3) is 3.89. The van der Waals surface area contributed by atoms with Crippen molar-refractivity contribution >= 4 is 17.9 Å². The zero-order valence-corrected chi connectivity index (χ0v) is 13.5. The number of halogens is 3. The highest BCUT2D eigenvalue weighted by Crippen LogP contribution is 2.25. The van der Waals surface area contributed by atoms with Gasteiger partial charge in [-0.05, 0) is 31.0 Å². The number of cyclic esters (lactones) is 1. The summed E-state index contributed by atoms with van der Waals surface area (Å²) in [5.74, 6) is -1.31. The third-order valence-corrected chi connectivity index (χ3v) is 4.22.